The summed E-state index contributed by atoms with van der Waals surface area (Å²) in [5, 5.41) is 7.47. The fourth-order valence-electron chi connectivity index (χ4n) is 5.04. The number of ether oxygens (including phenoxy) is 1. The summed E-state index contributed by atoms with van der Waals surface area (Å²) in [5.41, 5.74) is 1.94. The predicted octanol–water partition coefficient (Wildman–Crippen LogP) is 1.50. The minimum atomic E-state index is 0.00276. The number of hydrogen-bond acceptors (Lipinski definition) is 5. The summed E-state index contributed by atoms with van der Waals surface area (Å²) in [6, 6.07) is 2.96. The largest absolute Gasteiger partial charge is 0.381 e. The molecule has 0 spiro atoms. The molecule has 4 rings (SSSR count). The highest BCUT2D eigenvalue weighted by atomic mass is 16.5. The predicted molar refractivity (Wildman–Crippen MR) is 118 cm³/mol. The lowest BCUT2D eigenvalue weighted by Crippen LogP contribution is -2.53. The van der Waals surface area contributed by atoms with Crippen molar-refractivity contribution in [3.63, 3.8) is 0 Å². The molecule has 0 radical (unpaired) electrons. The first-order valence-electron chi connectivity index (χ1n) is 11.9. The molecule has 3 heterocycles. The molecule has 1 saturated carbocycles. The molecule has 0 unspecified atom stereocenters. The van der Waals surface area contributed by atoms with Gasteiger partial charge in [-0.25, -0.2) is 0 Å². The Morgan fingerprint density at radius 1 is 1.10 bits per heavy atom. The van der Waals surface area contributed by atoms with E-state index in [-0.39, 0.29) is 12.5 Å². The van der Waals surface area contributed by atoms with Gasteiger partial charge in [0.15, 0.2) is 0 Å². The molecule has 3 fully saturated rings. The van der Waals surface area contributed by atoms with Gasteiger partial charge < -0.3 is 15.0 Å². The fourth-order valence-corrected chi connectivity index (χ4v) is 5.04. The van der Waals surface area contributed by atoms with E-state index in [0.29, 0.717) is 30.5 Å². The van der Waals surface area contributed by atoms with Crippen molar-refractivity contribution in [3.8, 4) is 0 Å². The second kappa shape index (κ2) is 10.1. The van der Waals surface area contributed by atoms with Crippen molar-refractivity contribution in [1.82, 2.24) is 24.9 Å². The van der Waals surface area contributed by atoms with Gasteiger partial charge in [-0.2, -0.15) is 5.10 Å². The van der Waals surface area contributed by atoms with Gasteiger partial charge in [0.25, 0.3) is 0 Å². The van der Waals surface area contributed by atoms with Crippen LogP contribution in [0.3, 0.4) is 0 Å². The lowest BCUT2D eigenvalue weighted by atomic mass is 9.97. The highest BCUT2D eigenvalue weighted by molar-refractivity contribution is 5.81. The molecule has 0 bridgehead atoms. The second-order valence-electron chi connectivity index (χ2n) is 9.35. The maximum Gasteiger partial charge on any atom is 0.241 e. The van der Waals surface area contributed by atoms with E-state index >= 15 is 0 Å². The SMILES string of the molecule is Cc1cc(C)n(CC(=O)NCCN(C2CCOCC2)C2CCN(C(=O)C3CC3)CC2)n1. The third-order valence-electron chi connectivity index (χ3n) is 6.92. The second-order valence-corrected chi connectivity index (χ2v) is 9.35. The number of aromatic nitrogens is 2. The van der Waals surface area contributed by atoms with Crippen LogP contribution >= 0.6 is 0 Å². The van der Waals surface area contributed by atoms with E-state index < -0.39 is 0 Å². The molecular weight excluding hydrogens is 394 g/mol. The summed E-state index contributed by atoms with van der Waals surface area (Å²) < 4.78 is 7.34. The van der Waals surface area contributed by atoms with Gasteiger partial charge in [-0.1, -0.05) is 0 Å². The first-order chi connectivity index (χ1) is 15.0. The smallest absolute Gasteiger partial charge is 0.241 e. The lowest BCUT2D eigenvalue weighted by molar-refractivity contribution is -0.134. The molecule has 0 atom stereocenters. The van der Waals surface area contributed by atoms with E-state index in [2.05, 4.69) is 20.2 Å². The van der Waals surface area contributed by atoms with Crippen LogP contribution in [0, 0.1) is 19.8 Å². The van der Waals surface area contributed by atoms with E-state index in [1.54, 1.807) is 4.68 Å². The summed E-state index contributed by atoms with van der Waals surface area (Å²) in [5.74, 6) is 0.677. The zero-order chi connectivity index (χ0) is 21.8. The van der Waals surface area contributed by atoms with Crippen LogP contribution in [0.4, 0.5) is 0 Å². The van der Waals surface area contributed by atoms with Crippen LogP contribution in [-0.2, 0) is 20.9 Å². The average molecular weight is 432 g/mol. The van der Waals surface area contributed by atoms with Crippen molar-refractivity contribution in [2.24, 2.45) is 5.92 Å². The molecule has 1 aromatic heterocycles. The number of rotatable bonds is 8. The molecule has 8 nitrogen and oxygen atoms in total. The van der Waals surface area contributed by atoms with Crippen LogP contribution in [0.1, 0.15) is 49.9 Å². The number of amides is 2. The van der Waals surface area contributed by atoms with Crippen molar-refractivity contribution < 1.29 is 14.3 Å². The van der Waals surface area contributed by atoms with E-state index in [1.807, 2.05) is 19.9 Å². The Bertz CT molecular complexity index is 761. The maximum atomic E-state index is 12.4. The number of nitrogens with zero attached hydrogens (tertiary/aromatic N) is 4. The summed E-state index contributed by atoms with van der Waals surface area (Å²) in [4.78, 5) is 29.5. The first kappa shape index (κ1) is 22.3. The van der Waals surface area contributed by atoms with Gasteiger partial charge in [-0.3, -0.25) is 19.2 Å². The Morgan fingerprint density at radius 2 is 1.77 bits per heavy atom. The minimum Gasteiger partial charge on any atom is -0.381 e. The van der Waals surface area contributed by atoms with E-state index in [0.717, 1.165) is 82.8 Å². The van der Waals surface area contributed by atoms with Gasteiger partial charge in [-0.15, -0.1) is 0 Å². The molecule has 8 heteroatoms. The fraction of sp³-hybridized carbons (Fsp3) is 0.783. The lowest BCUT2D eigenvalue weighted by Gasteiger charge is -2.43. The zero-order valence-corrected chi connectivity index (χ0v) is 19.0. The van der Waals surface area contributed by atoms with Gasteiger partial charge in [0, 0.05) is 63.1 Å². The van der Waals surface area contributed by atoms with Gasteiger partial charge in [0.2, 0.25) is 11.8 Å². The molecule has 1 aromatic rings. The van der Waals surface area contributed by atoms with Crippen molar-refractivity contribution in [2.45, 2.75) is 71.0 Å². The van der Waals surface area contributed by atoms with Crippen LogP contribution in [0.25, 0.3) is 0 Å². The summed E-state index contributed by atoms with van der Waals surface area (Å²) in [6.45, 7) is 9.00. The Morgan fingerprint density at radius 3 is 2.39 bits per heavy atom. The van der Waals surface area contributed by atoms with Crippen LogP contribution in [0.15, 0.2) is 6.07 Å². The first-order valence-corrected chi connectivity index (χ1v) is 11.9. The zero-order valence-electron chi connectivity index (χ0n) is 19.0. The third kappa shape index (κ3) is 5.86. The number of piperidine rings is 1. The molecule has 172 valence electrons. The number of nitrogens with one attached hydrogen (secondary N) is 1. The van der Waals surface area contributed by atoms with E-state index in [9.17, 15) is 9.59 Å². The highest BCUT2D eigenvalue weighted by Crippen LogP contribution is 2.32. The molecule has 0 aromatic carbocycles. The Balaban J connectivity index is 1.28. The Hall–Kier alpha value is -1.93. The molecule has 2 saturated heterocycles. The van der Waals surface area contributed by atoms with Crippen molar-refractivity contribution in [3.05, 3.63) is 17.5 Å². The highest BCUT2D eigenvalue weighted by Gasteiger charge is 2.37. The number of hydrogen-bond donors (Lipinski definition) is 1. The molecule has 1 N–H and O–H groups in total. The standard InChI is InChI=1S/C23H37N5O3/c1-17-15-18(2)28(25-17)16-22(29)24-9-12-27(21-7-13-31-14-8-21)20-5-10-26(11-6-20)23(30)19-3-4-19/h15,19-21H,3-14,16H2,1-2H3,(H,24,29). The Labute approximate surface area is 185 Å². The summed E-state index contributed by atoms with van der Waals surface area (Å²) in [6.07, 6.45) is 6.28. The van der Waals surface area contributed by atoms with Crippen molar-refractivity contribution >= 4 is 11.8 Å². The van der Waals surface area contributed by atoms with Gasteiger partial charge in [0.05, 0.1) is 5.69 Å². The minimum absolute atomic E-state index is 0.00276. The molecule has 2 aliphatic heterocycles. The van der Waals surface area contributed by atoms with Crippen molar-refractivity contribution in [1.29, 1.82) is 0 Å². The molecule has 31 heavy (non-hydrogen) atoms. The summed E-state index contributed by atoms with van der Waals surface area (Å²) >= 11 is 0. The monoisotopic (exact) mass is 431 g/mol. The Kier molecular flexibility index (Phi) is 7.27. The quantitative estimate of drug-likeness (QED) is 0.675. The number of likely N-dealkylation sites (tertiary alicyclic amines) is 1. The van der Waals surface area contributed by atoms with Gasteiger partial charge in [0.1, 0.15) is 6.54 Å². The van der Waals surface area contributed by atoms with Crippen LogP contribution in [0.5, 0.6) is 0 Å². The average Bonchev–Trinajstić information content (AvgIpc) is 3.57. The third-order valence-corrected chi connectivity index (χ3v) is 6.92. The molecule has 3 aliphatic rings. The van der Waals surface area contributed by atoms with Crippen LogP contribution in [-0.4, -0.2) is 82.9 Å². The molecule has 2 amide bonds. The molecule has 1 aliphatic carbocycles. The summed E-state index contributed by atoms with van der Waals surface area (Å²) in [7, 11) is 0. The van der Waals surface area contributed by atoms with Gasteiger partial charge >= 0.3 is 0 Å². The van der Waals surface area contributed by atoms with Crippen molar-refractivity contribution in [2.75, 3.05) is 39.4 Å². The molecular formula is C23H37N5O3. The maximum absolute atomic E-state index is 12.4. The van der Waals surface area contributed by atoms with Gasteiger partial charge in [-0.05, 0) is 58.4 Å². The van der Waals surface area contributed by atoms with E-state index in [4.69, 9.17) is 4.74 Å². The topological polar surface area (TPSA) is 79.7 Å². The number of aryl methyl sites for hydroxylation is 2. The normalized spacial score (nSPS) is 20.9. The number of carbonyl (C=O) groups excluding carboxylic acids is 2. The number of carbonyl (C=O) groups is 2. The van der Waals surface area contributed by atoms with Crippen LogP contribution < -0.4 is 5.32 Å². The van der Waals surface area contributed by atoms with Crippen LogP contribution in [0.2, 0.25) is 0 Å². The van der Waals surface area contributed by atoms with E-state index in [1.165, 1.54) is 0 Å².